The first kappa shape index (κ1) is 43.2. The van der Waals surface area contributed by atoms with E-state index in [1.165, 1.54) is 44.4 Å². The second-order valence-corrected chi connectivity index (χ2v) is 23.7. The van der Waals surface area contributed by atoms with Gasteiger partial charge >= 0.3 is 11.3 Å². The molecule has 7 heteroatoms. The summed E-state index contributed by atoms with van der Waals surface area (Å²) in [5.74, 6) is 0. The maximum Gasteiger partial charge on any atom is 0.344 e. The van der Waals surface area contributed by atoms with Crippen molar-refractivity contribution >= 4 is 55.1 Å². The van der Waals surface area contributed by atoms with E-state index in [-0.39, 0.29) is 32.9 Å². The molecule has 0 aliphatic carbocycles. The first-order chi connectivity index (χ1) is 33.4. The van der Waals surface area contributed by atoms with Crippen molar-refractivity contribution in [2.45, 2.75) is 103 Å². The summed E-state index contributed by atoms with van der Waals surface area (Å²) >= 11 is 0. The average molecular weight is 924 g/mol. The van der Waals surface area contributed by atoms with Crippen molar-refractivity contribution in [2.75, 3.05) is 36.0 Å². The van der Waals surface area contributed by atoms with Crippen molar-refractivity contribution in [3.8, 4) is 44.5 Å². The summed E-state index contributed by atoms with van der Waals surface area (Å²) in [6.45, 7) is 22.7. The quantitative estimate of drug-likeness (QED) is 0.164. The second kappa shape index (κ2) is 14.6. The van der Waals surface area contributed by atoms with E-state index in [9.17, 15) is 9.59 Å². The van der Waals surface area contributed by atoms with E-state index in [1.54, 1.807) is 0 Å². The molecule has 13 rings (SSSR count). The van der Waals surface area contributed by atoms with Gasteiger partial charge in [-0.1, -0.05) is 128 Å². The number of benzene rings is 6. The van der Waals surface area contributed by atoms with Crippen LogP contribution in [0.15, 0.2) is 128 Å². The predicted molar refractivity (Wildman–Crippen MR) is 289 cm³/mol. The van der Waals surface area contributed by atoms with Gasteiger partial charge in [-0.2, -0.15) is 0 Å². The molecular weight excluding hydrogens is 863 g/mol. The van der Waals surface area contributed by atoms with E-state index in [4.69, 9.17) is 8.83 Å². The van der Waals surface area contributed by atoms with Crippen LogP contribution in [0.1, 0.15) is 103 Å². The maximum absolute atomic E-state index is 13.9. The molecule has 0 saturated heterocycles. The Balaban J connectivity index is 0.805. The zero-order chi connectivity index (χ0) is 48.4. The van der Waals surface area contributed by atoms with Crippen LogP contribution in [0.5, 0.6) is 0 Å². The molecule has 9 aromatic rings. The Morgan fingerprint density at radius 1 is 0.414 bits per heavy atom. The van der Waals surface area contributed by atoms with Crippen LogP contribution in [-0.4, -0.2) is 30.7 Å². The third kappa shape index (κ3) is 6.31. The molecule has 0 unspecified atom stereocenters. The highest BCUT2D eigenvalue weighted by atomic mass is 16.4. The third-order valence-corrected chi connectivity index (χ3v) is 17.5. The fraction of sp³-hybridized carbons (Fsp3) is 0.333. The molecule has 70 heavy (non-hydrogen) atoms. The Bertz CT molecular complexity index is 3590. The lowest BCUT2D eigenvalue weighted by atomic mass is 9.69. The topological polar surface area (TPSA) is 71.8 Å². The lowest BCUT2D eigenvalue weighted by molar-refractivity contribution is 0.398. The minimum atomic E-state index is -0.295. The van der Waals surface area contributed by atoms with Gasteiger partial charge in [-0.15, -0.1) is 0 Å². The molecule has 3 aromatic heterocycles. The fourth-order valence-corrected chi connectivity index (χ4v) is 13.0. The normalized spacial score (nSPS) is 18.4. The molecule has 0 bridgehead atoms. The number of nitrogens with zero attached hydrogens (tertiary/aromatic N) is 3. The van der Waals surface area contributed by atoms with Crippen LogP contribution < -0.4 is 21.1 Å². The summed E-state index contributed by atoms with van der Waals surface area (Å²) in [6.07, 6.45) is 4.27. The fourth-order valence-electron chi connectivity index (χ4n) is 13.0. The number of anilines is 2. The molecule has 0 spiro atoms. The van der Waals surface area contributed by atoms with Gasteiger partial charge in [-0.25, -0.2) is 9.59 Å². The molecule has 0 saturated carbocycles. The minimum absolute atomic E-state index is 0.0385. The molecule has 0 amide bonds. The molecule has 0 atom stereocenters. The molecule has 4 aliphatic heterocycles. The lowest BCUT2D eigenvalue weighted by Crippen LogP contribution is -2.44. The van der Waals surface area contributed by atoms with Crippen LogP contribution in [0.4, 0.5) is 11.4 Å². The van der Waals surface area contributed by atoms with Gasteiger partial charge in [-0.05, 0) is 128 Å². The van der Waals surface area contributed by atoms with Gasteiger partial charge in [0.1, 0.15) is 11.2 Å². The monoisotopic (exact) mass is 923 g/mol. The SMILES string of the molecule is Cn1c2cc(-c3ccc(-c4cc5cc6c7c(c5oc4=O)C(C)(C)CCN7CCC6(C)C)cc3)ccc2c2ccc(-c3ccc(-c4cc5cc6c7c(c5oc4=O)C(C)(C)CCN7CCC6(C)C)cc3)cc21. The van der Waals surface area contributed by atoms with Gasteiger partial charge in [0.05, 0.1) is 11.1 Å². The smallest absolute Gasteiger partial charge is 0.344 e. The zero-order valence-corrected chi connectivity index (χ0v) is 42.0. The van der Waals surface area contributed by atoms with Crippen molar-refractivity contribution in [1.29, 1.82) is 0 Å². The Labute approximate surface area is 409 Å². The van der Waals surface area contributed by atoms with Gasteiger partial charge in [0.25, 0.3) is 0 Å². The lowest BCUT2D eigenvalue weighted by Gasteiger charge is -2.48. The summed E-state index contributed by atoms with van der Waals surface area (Å²) in [5.41, 5.74) is 18.0. The Kier molecular flexibility index (Phi) is 9.01. The first-order valence-corrected chi connectivity index (χ1v) is 25.4. The van der Waals surface area contributed by atoms with E-state index in [0.717, 1.165) is 118 Å². The van der Waals surface area contributed by atoms with E-state index >= 15 is 0 Å². The molecule has 352 valence electrons. The number of aromatic nitrogens is 1. The minimum Gasteiger partial charge on any atom is -0.422 e. The number of rotatable bonds is 4. The molecule has 6 aromatic carbocycles. The summed E-state index contributed by atoms with van der Waals surface area (Å²) in [6, 6.07) is 38.8. The molecule has 0 N–H and O–H groups in total. The molecule has 0 fully saturated rings. The molecule has 7 nitrogen and oxygen atoms in total. The van der Waals surface area contributed by atoms with Crippen molar-refractivity contribution in [2.24, 2.45) is 7.05 Å². The molecule has 4 aliphatic rings. The van der Waals surface area contributed by atoms with Gasteiger partial charge in [-0.3, -0.25) is 0 Å². The molecule has 7 heterocycles. The van der Waals surface area contributed by atoms with Gasteiger partial charge in [0, 0.05) is 88.3 Å². The highest BCUT2D eigenvalue weighted by molar-refractivity contribution is 6.10. The number of aryl methyl sites for hydroxylation is 1. The Morgan fingerprint density at radius 2 is 0.757 bits per heavy atom. The predicted octanol–water partition coefficient (Wildman–Crippen LogP) is 14.6. The summed E-state index contributed by atoms with van der Waals surface area (Å²) in [5, 5.41) is 4.39. The highest BCUT2D eigenvalue weighted by Gasteiger charge is 2.44. The standard InChI is InChI=1S/C63H61N3O4/c1-60(2)22-26-65-28-24-62(5,6)52-54(65)48(60)32-42-30-46(58(67)69-56(42)52)38-14-10-36(11-15-38)40-18-20-44-45-21-19-41(35-51(45)64(9)50(44)34-40)37-12-16-39(17-13-37)47-31-43-33-49-55-53(57(43)70-59(47)68)63(7,8)25-29-66(55)27-23-61(49,3)4/h10-21,30-35H,22-29H2,1-9H3. The van der Waals surface area contributed by atoms with Crippen LogP contribution in [0.3, 0.4) is 0 Å². The number of hydrogen-bond acceptors (Lipinski definition) is 6. The molecule has 0 radical (unpaired) electrons. The largest absolute Gasteiger partial charge is 0.422 e. The van der Waals surface area contributed by atoms with Crippen molar-refractivity contribution in [3.05, 3.63) is 152 Å². The third-order valence-electron chi connectivity index (χ3n) is 17.5. The average Bonchev–Trinajstić information content (AvgIpc) is 3.61. The van der Waals surface area contributed by atoms with E-state index in [0.29, 0.717) is 11.1 Å². The van der Waals surface area contributed by atoms with Gasteiger partial charge in [0.15, 0.2) is 0 Å². The van der Waals surface area contributed by atoms with Gasteiger partial charge in [0.2, 0.25) is 0 Å². The summed E-state index contributed by atoms with van der Waals surface area (Å²) in [4.78, 5) is 32.8. The number of hydrogen-bond donors (Lipinski definition) is 0. The zero-order valence-electron chi connectivity index (χ0n) is 42.0. The van der Waals surface area contributed by atoms with Crippen LogP contribution in [0, 0.1) is 0 Å². The highest BCUT2D eigenvalue weighted by Crippen LogP contribution is 2.54. The van der Waals surface area contributed by atoms with Crippen LogP contribution in [0.2, 0.25) is 0 Å². The van der Waals surface area contributed by atoms with E-state index < -0.39 is 0 Å². The molecular formula is C63H61N3O4. The first-order valence-electron chi connectivity index (χ1n) is 25.4. The van der Waals surface area contributed by atoms with Gasteiger partial charge < -0.3 is 23.2 Å². The van der Waals surface area contributed by atoms with Crippen molar-refractivity contribution in [3.63, 3.8) is 0 Å². The van der Waals surface area contributed by atoms with Crippen molar-refractivity contribution in [1.82, 2.24) is 4.57 Å². The van der Waals surface area contributed by atoms with E-state index in [2.05, 4.69) is 186 Å². The Morgan fingerprint density at radius 3 is 1.14 bits per heavy atom. The number of fused-ring (bicyclic) bond motifs is 7. The van der Waals surface area contributed by atoms with Crippen LogP contribution in [0.25, 0.3) is 88.3 Å². The second-order valence-electron chi connectivity index (χ2n) is 23.7. The maximum atomic E-state index is 13.9. The van der Waals surface area contributed by atoms with Crippen molar-refractivity contribution < 1.29 is 8.83 Å². The van der Waals surface area contributed by atoms with E-state index in [1.807, 2.05) is 0 Å². The van der Waals surface area contributed by atoms with Crippen LogP contribution in [-0.2, 0) is 28.7 Å². The summed E-state index contributed by atoms with van der Waals surface area (Å²) < 4.78 is 15.0. The summed E-state index contributed by atoms with van der Waals surface area (Å²) in [7, 11) is 2.14. The van der Waals surface area contributed by atoms with Crippen LogP contribution >= 0.6 is 0 Å². The Hall–Kier alpha value is -6.86.